The summed E-state index contributed by atoms with van der Waals surface area (Å²) in [6.07, 6.45) is 3.58. The van der Waals surface area contributed by atoms with Gasteiger partial charge in [-0.05, 0) is 13.3 Å². The highest BCUT2D eigenvalue weighted by Crippen LogP contribution is 2.07. The minimum absolute atomic E-state index is 0.0980. The second-order valence-electron chi connectivity index (χ2n) is 3.22. The van der Waals surface area contributed by atoms with Gasteiger partial charge in [0.2, 0.25) is 0 Å². The Morgan fingerprint density at radius 2 is 2.40 bits per heavy atom. The Kier molecular flexibility index (Phi) is 4.17. The molecular weight excluding hydrogens is 196 g/mol. The molecule has 0 radical (unpaired) electrons. The number of carbonyl (C=O) groups is 1. The van der Waals surface area contributed by atoms with Crippen molar-refractivity contribution in [2.24, 2.45) is 0 Å². The molecule has 1 aromatic rings. The van der Waals surface area contributed by atoms with Crippen LogP contribution in [0.15, 0.2) is 12.5 Å². The third-order valence-corrected chi connectivity index (χ3v) is 2.10. The van der Waals surface area contributed by atoms with Gasteiger partial charge < -0.3 is 9.84 Å². The molecule has 0 bridgehead atoms. The number of aromatic carboxylic acids is 1. The van der Waals surface area contributed by atoms with Crippen LogP contribution in [0.2, 0.25) is 0 Å². The highest BCUT2D eigenvalue weighted by Gasteiger charge is 2.12. The van der Waals surface area contributed by atoms with E-state index in [1.54, 1.807) is 0 Å². The molecule has 1 unspecified atom stereocenters. The zero-order valence-electron chi connectivity index (χ0n) is 8.80. The molecule has 5 heteroatoms. The lowest BCUT2D eigenvalue weighted by Crippen LogP contribution is -2.11. The molecule has 5 nitrogen and oxygen atoms in total. The number of hydrogen-bond donors (Lipinski definition) is 1. The van der Waals surface area contributed by atoms with Gasteiger partial charge >= 0.3 is 5.97 Å². The minimum Gasteiger partial charge on any atom is -0.478 e. The van der Waals surface area contributed by atoms with E-state index in [0.29, 0.717) is 5.69 Å². The van der Waals surface area contributed by atoms with Crippen LogP contribution in [0.5, 0.6) is 0 Å². The van der Waals surface area contributed by atoms with E-state index in [2.05, 4.69) is 9.97 Å². The number of hydrogen-bond acceptors (Lipinski definition) is 4. The van der Waals surface area contributed by atoms with E-state index in [0.717, 1.165) is 6.42 Å². The highest BCUT2D eigenvalue weighted by molar-refractivity contribution is 5.88. The maximum Gasteiger partial charge on any atom is 0.339 e. The average molecular weight is 210 g/mol. The lowest BCUT2D eigenvalue weighted by Gasteiger charge is -2.10. The molecule has 1 aromatic heterocycles. The molecule has 1 N–H and O–H groups in total. The second kappa shape index (κ2) is 5.41. The molecule has 0 aliphatic heterocycles. The first kappa shape index (κ1) is 11.6. The molecule has 0 spiro atoms. The summed E-state index contributed by atoms with van der Waals surface area (Å²) in [7, 11) is 0. The molecule has 82 valence electrons. The first-order chi connectivity index (χ1) is 7.15. The first-order valence-electron chi connectivity index (χ1n) is 4.79. The van der Waals surface area contributed by atoms with Gasteiger partial charge in [-0.15, -0.1) is 0 Å². The lowest BCUT2D eigenvalue weighted by atomic mass is 10.2. The number of carboxylic acids is 1. The van der Waals surface area contributed by atoms with Gasteiger partial charge in [0.15, 0.2) is 0 Å². The van der Waals surface area contributed by atoms with Crippen molar-refractivity contribution in [2.75, 3.05) is 0 Å². The molecule has 0 aromatic carbocycles. The standard InChI is InChI=1S/C10H14N2O3/c1-3-7(2)15-5-9-8(10(13)14)4-11-6-12-9/h4,6-7H,3,5H2,1-2H3,(H,13,14). The zero-order chi connectivity index (χ0) is 11.3. The predicted molar refractivity (Wildman–Crippen MR) is 53.5 cm³/mol. The quantitative estimate of drug-likeness (QED) is 0.797. The van der Waals surface area contributed by atoms with Gasteiger partial charge in [0.25, 0.3) is 0 Å². The van der Waals surface area contributed by atoms with E-state index >= 15 is 0 Å². The van der Waals surface area contributed by atoms with Crippen molar-refractivity contribution in [1.82, 2.24) is 9.97 Å². The summed E-state index contributed by atoms with van der Waals surface area (Å²) < 4.78 is 5.41. The normalized spacial score (nSPS) is 12.4. The lowest BCUT2D eigenvalue weighted by molar-refractivity contribution is 0.0467. The molecule has 0 saturated heterocycles. The molecular formula is C10H14N2O3. The van der Waals surface area contributed by atoms with Crippen LogP contribution in [0.3, 0.4) is 0 Å². The van der Waals surface area contributed by atoms with Crippen LogP contribution in [-0.2, 0) is 11.3 Å². The van der Waals surface area contributed by atoms with Gasteiger partial charge in [-0.2, -0.15) is 0 Å². The van der Waals surface area contributed by atoms with E-state index in [-0.39, 0.29) is 18.3 Å². The average Bonchev–Trinajstić information content (AvgIpc) is 2.26. The number of nitrogens with zero attached hydrogens (tertiary/aromatic N) is 2. The van der Waals surface area contributed by atoms with Crippen molar-refractivity contribution in [3.05, 3.63) is 23.8 Å². The Labute approximate surface area is 88.1 Å². The Balaban J connectivity index is 2.72. The van der Waals surface area contributed by atoms with Crippen molar-refractivity contribution in [1.29, 1.82) is 0 Å². The molecule has 0 aliphatic rings. The largest absolute Gasteiger partial charge is 0.478 e. The number of ether oxygens (including phenoxy) is 1. The molecule has 1 heterocycles. The van der Waals surface area contributed by atoms with Gasteiger partial charge in [-0.3, -0.25) is 0 Å². The van der Waals surface area contributed by atoms with E-state index < -0.39 is 5.97 Å². The number of aromatic nitrogens is 2. The van der Waals surface area contributed by atoms with Gasteiger partial charge in [-0.25, -0.2) is 14.8 Å². The highest BCUT2D eigenvalue weighted by atomic mass is 16.5. The Morgan fingerprint density at radius 3 is 3.00 bits per heavy atom. The second-order valence-corrected chi connectivity index (χ2v) is 3.22. The maximum atomic E-state index is 10.8. The summed E-state index contributed by atoms with van der Waals surface area (Å²) >= 11 is 0. The van der Waals surface area contributed by atoms with E-state index in [4.69, 9.17) is 9.84 Å². The van der Waals surface area contributed by atoms with Crippen LogP contribution < -0.4 is 0 Å². The minimum atomic E-state index is -1.03. The third-order valence-electron chi connectivity index (χ3n) is 2.10. The Morgan fingerprint density at radius 1 is 1.67 bits per heavy atom. The van der Waals surface area contributed by atoms with E-state index in [1.807, 2.05) is 13.8 Å². The van der Waals surface area contributed by atoms with Gasteiger partial charge in [0.05, 0.1) is 18.4 Å². The molecule has 1 rings (SSSR count). The molecule has 0 aliphatic carbocycles. The SMILES string of the molecule is CCC(C)OCc1ncncc1C(=O)O. The van der Waals surface area contributed by atoms with Gasteiger partial charge in [0, 0.05) is 6.20 Å². The number of rotatable bonds is 5. The van der Waals surface area contributed by atoms with Crippen molar-refractivity contribution in [2.45, 2.75) is 33.0 Å². The van der Waals surface area contributed by atoms with Crippen molar-refractivity contribution >= 4 is 5.97 Å². The summed E-state index contributed by atoms with van der Waals surface area (Å²) in [6.45, 7) is 4.14. The Hall–Kier alpha value is -1.49. The molecule has 0 saturated carbocycles. The van der Waals surface area contributed by atoms with Crippen LogP contribution in [0.1, 0.15) is 36.3 Å². The first-order valence-corrected chi connectivity index (χ1v) is 4.79. The summed E-state index contributed by atoms with van der Waals surface area (Å²) in [6, 6.07) is 0. The third kappa shape index (κ3) is 3.28. The van der Waals surface area contributed by atoms with Crippen molar-refractivity contribution < 1.29 is 14.6 Å². The van der Waals surface area contributed by atoms with Crippen LogP contribution >= 0.6 is 0 Å². The van der Waals surface area contributed by atoms with Crippen LogP contribution in [0.4, 0.5) is 0 Å². The fraction of sp³-hybridized carbons (Fsp3) is 0.500. The smallest absolute Gasteiger partial charge is 0.339 e. The summed E-state index contributed by atoms with van der Waals surface area (Å²) in [5.74, 6) is -1.03. The van der Waals surface area contributed by atoms with Crippen molar-refractivity contribution in [3.8, 4) is 0 Å². The van der Waals surface area contributed by atoms with Crippen LogP contribution in [-0.4, -0.2) is 27.1 Å². The monoisotopic (exact) mass is 210 g/mol. The topological polar surface area (TPSA) is 72.3 Å². The molecule has 15 heavy (non-hydrogen) atoms. The predicted octanol–water partition coefficient (Wildman–Crippen LogP) is 1.49. The molecule has 0 amide bonds. The van der Waals surface area contributed by atoms with Crippen LogP contribution in [0, 0.1) is 0 Å². The molecule has 0 fully saturated rings. The fourth-order valence-electron chi connectivity index (χ4n) is 0.988. The summed E-state index contributed by atoms with van der Waals surface area (Å²) in [4.78, 5) is 18.4. The van der Waals surface area contributed by atoms with Crippen LogP contribution in [0.25, 0.3) is 0 Å². The van der Waals surface area contributed by atoms with Gasteiger partial charge in [0.1, 0.15) is 11.9 Å². The van der Waals surface area contributed by atoms with E-state index in [1.165, 1.54) is 12.5 Å². The summed E-state index contributed by atoms with van der Waals surface area (Å²) in [5.41, 5.74) is 0.513. The molecule has 1 atom stereocenters. The zero-order valence-corrected chi connectivity index (χ0v) is 8.80. The maximum absolute atomic E-state index is 10.8. The Bertz CT molecular complexity index is 341. The van der Waals surface area contributed by atoms with Gasteiger partial charge in [-0.1, -0.05) is 6.92 Å². The number of carboxylic acid groups (broad SMARTS) is 1. The van der Waals surface area contributed by atoms with E-state index in [9.17, 15) is 4.79 Å². The summed E-state index contributed by atoms with van der Waals surface area (Å²) in [5, 5.41) is 8.85. The van der Waals surface area contributed by atoms with Crippen molar-refractivity contribution in [3.63, 3.8) is 0 Å². The fourth-order valence-corrected chi connectivity index (χ4v) is 0.988.